The lowest BCUT2D eigenvalue weighted by Crippen LogP contribution is -2.53. The van der Waals surface area contributed by atoms with Gasteiger partial charge in [0.2, 0.25) is 5.91 Å². The summed E-state index contributed by atoms with van der Waals surface area (Å²) in [6.45, 7) is 9.32. The number of morpholine rings is 1. The van der Waals surface area contributed by atoms with Crippen molar-refractivity contribution in [2.75, 3.05) is 72.1 Å². The number of nitrogens with zero attached hydrogens (tertiary/aromatic N) is 6. The molecule has 3 fully saturated rings. The summed E-state index contributed by atoms with van der Waals surface area (Å²) in [4.78, 5) is 29.1. The van der Waals surface area contributed by atoms with Gasteiger partial charge in [0, 0.05) is 69.3 Å². The monoisotopic (exact) mass is 547 g/mol. The van der Waals surface area contributed by atoms with Crippen molar-refractivity contribution in [1.82, 2.24) is 9.97 Å². The van der Waals surface area contributed by atoms with E-state index in [9.17, 15) is 18.0 Å². The fourth-order valence-electron chi connectivity index (χ4n) is 5.74. The largest absolute Gasteiger partial charge is 0.419 e. The van der Waals surface area contributed by atoms with Crippen molar-refractivity contribution >= 4 is 29.0 Å². The molecule has 2 aromatic rings. The third-order valence-corrected chi connectivity index (χ3v) is 7.84. The first kappa shape index (κ1) is 27.3. The molecule has 0 spiro atoms. The topological polar surface area (TPSA) is 91.1 Å². The predicted octanol–water partition coefficient (Wildman–Crippen LogP) is 3.52. The summed E-state index contributed by atoms with van der Waals surface area (Å²) in [5, 5.41) is 0. The zero-order chi connectivity index (χ0) is 27.7. The molecule has 39 heavy (non-hydrogen) atoms. The normalized spacial score (nSPS) is 22.8. The van der Waals surface area contributed by atoms with E-state index >= 15 is 0 Å². The number of halogens is 3. The number of alkyl halides is 3. The molecule has 2 atom stereocenters. The zero-order valence-electron chi connectivity index (χ0n) is 22.5. The number of piperidine rings is 1. The third-order valence-electron chi connectivity index (χ3n) is 7.84. The van der Waals surface area contributed by atoms with Gasteiger partial charge in [-0.2, -0.15) is 13.2 Å². The minimum Gasteiger partial charge on any atom is -0.377 e. The lowest BCUT2D eigenvalue weighted by atomic mass is 10.1. The first-order valence-corrected chi connectivity index (χ1v) is 13.6. The Labute approximate surface area is 226 Å². The molecule has 3 saturated heterocycles. The molecular weight excluding hydrogens is 511 g/mol. The average Bonchev–Trinajstić information content (AvgIpc) is 2.92. The van der Waals surface area contributed by atoms with Gasteiger partial charge in [-0.1, -0.05) is 0 Å². The molecule has 12 heteroatoms. The predicted molar refractivity (Wildman–Crippen MR) is 145 cm³/mol. The van der Waals surface area contributed by atoms with Crippen LogP contribution < -0.4 is 25.3 Å². The average molecular weight is 548 g/mol. The van der Waals surface area contributed by atoms with E-state index in [-0.39, 0.29) is 23.5 Å². The highest BCUT2D eigenvalue weighted by Crippen LogP contribution is 2.38. The number of anilines is 4. The number of pyridine rings is 2. The molecule has 1 amide bonds. The number of primary amides is 1. The number of aromatic nitrogens is 2. The van der Waals surface area contributed by atoms with Crippen LogP contribution in [0, 0.1) is 0 Å². The number of hydrogen-bond donors (Lipinski definition) is 1. The van der Waals surface area contributed by atoms with E-state index in [4.69, 9.17) is 15.5 Å². The van der Waals surface area contributed by atoms with Gasteiger partial charge in [-0.3, -0.25) is 4.79 Å². The molecule has 0 bridgehead atoms. The quantitative estimate of drug-likeness (QED) is 0.608. The van der Waals surface area contributed by atoms with Gasteiger partial charge >= 0.3 is 6.18 Å². The smallest absolute Gasteiger partial charge is 0.377 e. The van der Waals surface area contributed by atoms with Gasteiger partial charge in [0.15, 0.2) is 0 Å². The standard InChI is InChI=1S/C27H36F3N7O2/c1-18-16-35(26-22(27(28,29)30)12-20(15-32-26)25(31)38)8-9-36(18)21-13-23(34-6-4-3-5-7-34)33-24(14-21)37-10-11-39-17-19(37)2/h12-15,18-19H,3-11,16-17H2,1-2H3,(H2,31,38). The van der Waals surface area contributed by atoms with Gasteiger partial charge in [-0.25, -0.2) is 9.97 Å². The van der Waals surface area contributed by atoms with Crippen molar-refractivity contribution in [3.8, 4) is 0 Å². The summed E-state index contributed by atoms with van der Waals surface area (Å²) in [6, 6.07) is 5.12. The Balaban J connectivity index is 1.43. The van der Waals surface area contributed by atoms with Crippen molar-refractivity contribution in [2.24, 2.45) is 5.73 Å². The molecule has 0 radical (unpaired) electrons. The van der Waals surface area contributed by atoms with Crippen molar-refractivity contribution in [3.05, 3.63) is 35.5 Å². The summed E-state index contributed by atoms with van der Waals surface area (Å²) in [7, 11) is 0. The van der Waals surface area contributed by atoms with E-state index in [1.54, 1.807) is 4.90 Å². The fraction of sp³-hybridized carbons (Fsp3) is 0.593. The highest BCUT2D eigenvalue weighted by atomic mass is 19.4. The molecule has 9 nitrogen and oxygen atoms in total. The number of hydrogen-bond acceptors (Lipinski definition) is 8. The van der Waals surface area contributed by atoms with Gasteiger partial charge in [0.1, 0.15) is 17.5 Å². The highest BCUT2D eigenvalue weighted by molar-refractivity contribution is 5.93. The minimum absolute atomic E-state index is 0.0935. The lowest BCUT2D eigenvalue weighted by molar-refractivity contribution is -0.137. The Morgan fingerprint density at radius 2 is 1.69 bits per heavy atom. The second kappa shape index (κ2) is 11.1. The van der Waals surface area contributed by atoms with Gasteiger partial charge in [0.05, 0.1) is 30.4 Å². The molecule has 0 aromatic carbocycles. The van der Waals surface area contributed by atoms with E-state index in [0.717, 1.165) is 62.1 Å². The van der Waals surface area contributed by atoms with Crippen molar-refractivity contribution < 1.29 is 22.7 Å². The highest BCUT2D eigenvalue weighted by Gasteiger charge is 2.38. The molecule has 0 aliphatic carbocycles. The van der Waals surface area contributed by atoms with Crippen LogP contribution in [-0.4, -0.2) is 80.4 Å². The molecule has 2 N–H and O–H groups in total. The number of ether oxygens (including phenoxy) is 1. The molecular formula is C27H36F3N7O2. The molecule has 5 heterocycles. The number of nitrogens with two attached hydrogens (primary N) is 1. The van der Waals surface area contributed by atoms with E-state index in [1.807, 2.05) is 6.92 Å². The van der Waals surface area contributed by atoms with Crippen LogP contribution in [0.25, 0.3) is 0 Å². The number of amides is 1. The van der Waals surface area contributed by atoms with Crippen LogP contribution in [0.2, 0.25) is 0 Å². The summed E-state index contributed by atoms with van der Waals surface area (Å²) in [5.74, 6) is 0.732. The van der Waals surface area contributed by atoms with Crippen molar-refractivity contribution in [2.45, 2.75) is 51.4 Å². The second-order valence-corrected chi connectivity index (χ2v) is 10.7. The van der Waals surface area contributed by atoms with Gasteiger partial charge in [-0.05, 0) is 39.2 Å². The Morgan fingerprint density at radius 3 is 2.36 bits per heavy atom. The van der Waals surface area contributed by atoms with Crippen molar-refractivity contribution in [1.29, 1.82) is 0 Å². The first-order valence-electron chi connectivity index (χ1n) is 13.6. The molecule has 212 valence electrons. The summed E-state index contributed by atoms with van der Waals surface area (Å²) in [6.07, 6.45) is -0.0581. The number of rotatable bonds is 5. The van der Waals surface area contributed by atoms with E-state index in [1.165, 1.54) is 6.42 Å². The number of carbonyl (C=O) groups is 1. The molecule has 2 aromatic heterocycles. The van der Waals surface area contributed by atoms with Crippen LogP contribution in [0.3, 0.4) is 0 Å². The van der Waals surface area contributed by atoms with Crippen LogP contribution in [-0.2, 0) is 10.9 Å². The second-order valence-electron chi connectivity index (χ2n) is 10.7. The maximum Gasteiger partial charge on any atom is 0.419 e. The first-order chi connectivity index (χ1) is 18.6. The molecule has 3 aliphatic rings. The Morgan fingerprint density at radius 1 is 0.949 bits per heavy atom. The zero-order valence-corrected chi connectivity index (χ0v) is 22.5. The van der Waals surface area contributed by atoms with Crippen LogP contribution >= 0.6 is 0 Å². The summed E-state index contributed by atoms with van der Waals surface area (Å²) in [5.41, 5.74) is 5.02. The van der Waals surface area contributed by atoms with E-state index in [0.29, 0.717) is 32.8 Å². The summed E-state index contributed by atoms with van der Waals surface area (Å²) >= 11 is 0. The Bertz CT molecular complexity index is 1190. The summed E-state index contributed by atoms with van der Waals surface area (Å²) < 4.78 is 47.4. The van der Waals surface area contributed by atoms with Crippen LogP contribution in [0.4, 0.5) is 36.3 Å². The molecule has 5 rings (SSSR count). The van der Waals surface area contributed by atoms with E-state index < -0.39 is 17.6 Å². The van der Waals surface area contributed by atoms with Gasteiger partial charge in [0.25, 0.3) is 0 Å². The molecule has 3 aliphatic heterocycles. The van der Waals surface area contributed by atoms with Crippen LogP contribution in [0.15, 0.2) is 24.4 Å². The number of carbonyl (C=O) groups excluding carboxylic acids is 1. The van der Waals surface area contributed by atoms with Crippen molar-refractivity contribution in [3.63, 3.8) is 0 Å². The molecule has 0 saturated carbocycles. The SMILES string of the molecule is CC1CN(c2ncc(C(N)=O)cc2C(F)(F)F)CCN1c1cc(N2CCCCC2)nc(N2CCOCC2C)c1. The molecule has 2 unspecified atom stereocenters. The number of piperazine rings is 1. The minimum atomic E-state index is -4.66. The third kappa shape index (κ3) is 5.85. The van der Waals surface area contributed by atoms with E-state index in [2.05, 4.69) is 38.7 Å². The maximum atomic E-state index is 13.9. The Hall–Kier alpha value is -3.28. The van der Waals surface area contributed by atoms with Crippen LogP contribution in [0.1, 0.15) is 49.0 Å². The van der Waals surface area contributed by atoms with Crippen LogP contribution in [0.5, 0.6) is 0 Å². The maximum absolute atomic E-state index is 13.9. The fourth-order valence-corrected chi connectivity index (χ4v) is 5.74. The lowest BCUT2D eigenvalue weighted by Gasteiger charge is -2.43. The Kier molecular flexibility index (Phi) is 7.75. The van der Waals surface area contributed by atoms with Gasteiger partial charge in [-0.15, -0.1) is 0 Å². The van der Waals surface area contributed by atoms with Gasteiger partial charge < -0.3 is 30.1 Å².